The van der Waals surface area contributed by atoms with E-state index in [1.807, 2.05) is 51.1 Å². The van der Waals surface area contributed by atoms with E-state index in [9.17, 15) is 4.79 Å². The molecule has 1 fully saturated rings. The van der Waals surface area contributed by atoms with Gasteiger partial charge in [0.05, 0.1) is 18.5 Å². The average Bonchev–Trinajstić information content (AvgIpc) is 2.80. The maximum absolute atomic E-state index is 12.7. The van der Waals surface area contributed by atoms with E-state index >= 15 is 0 Å². The summed E-state index contributed by atoms with van der Waals surface area (Å²) in [5, 5.41) is 8.31. The third-order valence-corrected chi connectivity index (χ3v) is 7.39. The summed E-state index contributed by atoms with van der Waals surface area (Å²) < 4.78 is 10.9. The molecule has 0 spiro atoms. The fourth-order valence-corrected chi connectivity index (χ4v) is 5.37. The van der Waals surface area contributed by atoms with Crippen LogP contribution in [0.4, 0.5) is 16.4 Å². The van der Waals surface area contributed by atoms with E-state index in [2.05, 4.69) is 61.3 Å². The van der Waals surface area contributed by atoms with E-state index in [0.29, 0.717) is 17.4 Å². The fourth-order valence-electron chi connectivity index (χ4n) is 5.37. The van der Waals surface area contributed by atoms with Gasteiger partial charge in [0.25, 0.3) is 0 Å². The minimum absolute atomic E-state index is 0.0542. The Labute approximate surface area is 226 Å². The molecule has 38 heavy (non-hydrogen) atoms. The van der Waals surface area contributed by atoms with Crippen molar-refractivity contribution >= 4 is 28.5 Å². The molecule has 0 unspecified atom stereocenters. The molecule has 0 saturated carbocycles. The zero-order chi connectivity index (χ0) is 27.9. The second-order valence-corrected chi connectivity index (χ2v) is 12.4. The number of aromatic nitrogens is 2. The minimum atomic E-state index is -0.612. The number of nitrogens with zero attached hydrogens (tertiary/aromatic N) is 3. The zero-order valence-corrected chi connectivity index (χ0v) is 24.1. The highest BCUT2D eigenvalue weighted by molar-refractivity contribution is 6.03. The van der Waals surface area contributed by atoms with Crippen LogP contribution >= 0.6 is 0 Å². The normalized spacial score (nSPS) is 17.7. The summed E-state index contributed by atoms with van der Waals surface area (Å²) >= 11 is 0. The van der Waals surface area contributed by atoms with Gasteiger partial charge in [-0.25, -0.2) is 14.8 Å². The van der Waals surface area contributed by atoms with Crippen LogP contribution in [0.5, 0.6) is 5.75 Å². The molecule has 0 bridgehead atoms. The molecule has 1 amide bonds. The molecule has 1 aliphatic heterocycles. The van der Waals surface area contributed by atoms with E-state index in [-0.39, 0.29) is 17.1 Å². The van der Waals surface area contributed by atoms with Gasteiger partial charge >= 0.3 is 6.09 Å². The predicted molar refractivity (Wildman–Crippen MR) is 154 cm³/mol. The highest BCUT2D eigenvalue weighted by Crippen LogP contribution is 2.38. The average molecular weight is 520 g/mol. The van der Waals surface area contributed by atoms with E-state index in [1.165, 1.54) is 0 Å². The molecule has 204 valence electrons. The van der Waals surface area contributed by atoms with Crippen molar-refractivity contribution < 1.29 is 14.3 Å². The van der Waals surface area contributed by atoms with Crippen LogP contribution in [-0.2, 0) is 4.74 Å². The molecule has 4 rings (SSSR count). The highest BCUT2D eigenvalue weighted by atomic mass is 16.6. The first kappa shape index (κ1) is 27.6. The molecule has 0 aliphatic carbocycles. The van der Waals surface area contributed by atoms with Crippen molar-refractivity contribution in [3.05, 3.63) is 42.6 Å². The second kappa shape index (κ2) is 10.1. The molecule has 2 aromatic carbocycles. The van der Waals surface area contributed by atoms with Crippen molar-refractivity contribution in [2.75, 3.05) is 24.8 Å². The van der Waals surface area contributed by atoms with Crippen LogP contribution in [0.15, 0.2) is 42.6 Å². The van der Waals surface area contributed by atoms with Crippen LogP contribution < -0.4 is 15.4 Å². The number of benzene rings is 2. The van der Waals surface area contributed by atoms with Crippen molar-refractivity contribution in [1.82, 2.24) is 14.9 Å². The molecule has 2 N–H and O–H groups in total. The number of piperidine rings is 1. The quantitative estimate of drug-likeness (QED) is 0.387. The lowest BCUT2D eigenvalue weighted by atomic mass is 9.77. The van der Waals surface area contributed by atoms with Crippen molar-refractivity contribution in [3.8, 4) is 17.0 Å². The number of nitrogens with one attached hydrogen (secondary N) is 2. The third kappa shape index (κ3) is 6.18. The number of rotatable bonds is 5. The number of hydrogen-bond acceptors (Lipinski definition) is 7. The molecule has 1 aromatic heterocycles. The SMILES string of the molecule is COc1ccc2cc(-c3ccnc(NC4CC(C)(C)N(C)C(C)(C)C4)n3)cc(NC(=O)OC(C)(C)C)c2c1. The first-order chi connectivity index (χ1) is 17.7. The van der Waals surface area contributed by atoms with Gasteiger partial charge in [0.2, 0.25) is 5.95 Å². The number of hydrogen-bond donors (Lipinski definition) is 2. The number of ether oxygens (including phenoxy) is 2. The van der Waals surface area contributed by atoms with Gasteiger partial charge in [0, 0.05) is 34.3 Å². The smallest absolute Gasteiger partial charge is 0.412 e. The van der Waals surface area contributed by atoms with Crippen molar-refractivity contribution in [2.24, 2.45) is 0 Å². The first-order valence-corrected chi connectivity index (χ1v) is 13.1. The zero-order valence-electron chi connectivity index (χ0n) is 24.1. The van der Waals surface area contributed by atoms with Crippen LogP contribution in [0.2, 0.25) is 0 Å². The summed E-state index contributed by atoms with van der Waals surface area (Å²) in [7, 11) is 3.82. The number of fused-ring (bicyclic) bond motifs is 1. The monoisotopic (exact) mass is 519 g/mol. The number of likely N-dealkylation sites (tertiary alicyclic amines) is 1. The van der Waals surface area contributed by atoms with Crippen LogP contribution in [0.3, 0.4) is 0 Å². The summed E-state index contributed by atoms with van der Waals surface area (Å²) in [6, 6.07) is 11.9. The van der Waals surface area contributed by atoms with Crippen molar-refractivity contribution in [1.29, 1.82) is 0 Å². The van der Waals surface area contributed by atoms with E-state index < -0.39 is 11.7 Å². The van der Waals surface area contributed by atoms with Gasteiger partial charge in [0.15, 0.2) is 0 Å². The molecule has 8 nitrogen and oxygen atoms in total. The summed E-state index contributed by atoms with van der Waals surface area (Å²) in [4.78, 5) is 24.5. The number of carbonyl (C=O) groups excluding carboxylic acids is 1. The number of methoxy groups -OCH3 is 1. The molecule has 2 heterocycles. The summed E-state index contributed by atoms with van der Waals surface area (Å²) in [6.07, 6.45) is 3.23. The van der Waals surface area contributed by atoms with Gasteiger partial charge in [-0.1, -0.05) is 6.07 Å². The Balaban J connectivity index is 1.67. The first-order valence-electron chi connectivity index (χ1n) is 13.1. The summed E-state index contributed by atoms with van der Waals surface area (Å²) in [6.45, 7) is 14.6. The highest BCUT2D eigenvalue weighted by Gasteiger charge is 2.43. The molecular formula is C30H41N5O3. The second-order valence-electron chi connectivity index (χ2n) is 12.4. The maximum Gasteiger partial charge on any atom is 0.412 e. The third-order valence-electron chi connectivity index (χ3n) is 7.39. The van der Waals surface area contributed by atoms with Gasteiger partial charge in [-0.05, 0) is 104 Å². The van der Waals surface area contributed by atoms with Crippen molar-refractivity contribution in [3.63, 3.8) is 0 Å². The lowest BCUT2D eigenvalue weighted by molar-refractivity contribution is -0.00778. The van der Waals surface area contributed by atoms with Crippen LogP contribution in [0.25, 0.3) is 22.0 Å². The van der Waals surface area contributed by atoms with Crippen molar-refractivity contribution in [2.45, 2.75) is 84.0 Å². The molecule has 0 radical (unpaired) electrons. The summed E-state index contributed by atoms with van der Waals surface area (Å²) in [5.74, 6) is 1.30. The molecule has 0 atom stereocenters. The van der Waals surface area contributed by atoms with Gasteiger partial charge in [-0.2, -0.15) is 0 Å². The van der Waals surface area contributed by atoms with Gasteiger partial charge < -0.3 is 14.8 Å². The number of carbonyl (C=O) groups is 1. The van der Waals surface area contributed by atoms with Crippen LogP contribution in [0.1, 0.15) is 61.3 Å². The molecule has 3 aromatic rings. The standard InChI is InChI=1S/C30H41N5O3/c1-28(2,3)38-27(36)34-25-15-20(14-19-10-11-22(37-9)16-23(19)25)24-12-13-31-26(33-24)32-21-17-29(4,5)35(8)30(6,7)18-21/h10-16,21H,17-18H2,1-9H3,(H,34,36)(H,31,32,33). The molecule has 1 aliphatic rings. The number of amides is 1. The van der Waals surface area contributed by atoms with E-state index in [0.717, 1.165) is 34.9 Å². The van der Waals surface area contributed by atoms with Gasteiger partial charge in [0.1, 0.15) is 11.4 Å². The maximum atomic E-state index is 12.7. The Morgan fingerprint density at radius 3 is 2.37 bits per heavy atom. The Kier molecular flexibility index (Phi) is 7.32. The number of anilines is 2. The fraction of sp³-hybridized carbons (Fsp3) is 0.500. The van der Waals surface area contributed by atoms with E-state index in [4.69, 9.17) is 14.5 Å². The Morgan fingerprint density at radius 2 is 1.74 bits per heavy atom. The Bertz CT molecular complexity index is 1310. The molecular weight excluding hydrogens is 478 g/mol. The lowest BCUT2D eigenvalue weighted by Gasteiger charge is -2.53. The predicted octanol–water partition coefficient (Wildman–Crippen LogP) is 6.72. The van der Waals surface area contributed by atoms with Gasteiger partial charge in [-0.15, -0.1) is 0 Å². The summed E-state index contributed by atoms with van der Waals surface area (Å²) in [5.41, 5.74) is 1.75. The molecule has 8 heteroatoms. The lowest BCUT2D eigenvalue weighted by Crippen LogP contribution is -2.61. The molecule has 1 saturated heterocycles. The van der Waals surface area contributed by atoms with Crippen LogP contribution in [0, 0.1) is 0 Å². The van der Waals surface area contributed by atoms with Crippen LogP contribution in [-0.4, -0.2) is 57.8 Å². The topological polar surface area (TPSA) is 88.6 Å². The van der Waals surface area contributed by atoms with Gasteiger partial charge in [-0.3, -0.25) is 10.2 Å². The Morgan fingerprint density at radius 1 is 1.05 bits per heavy atom. The largest absolute Gasteiger partial charge is 0.497 e. The van der Waals surface area contributed by atoms with E-state index in [1.54, 1.807) is 13.3 Å². The Hall–Kier alpha value is -3.39. The minimum Gasteiger partial charge on any atom is -0.497 e.